The number of ether oxygens (including phenoxy) is 1. The van der Waals surface area contributed by atoms with Crippen LogP contribution in [0.4, 0.5) is 17.3 Å². The number of aromatic amines is 1. The lowest BCUT2D eigenvalue weighted by molar-refractivity contribution is 0.414. The molecule has 1 fully saturated rings. The van der Waals surface area contributed by atoms with Gasteiger partial charge in [0.2, 0.25) is 0 Å². The Bertz CT molecular complexity index is 1240. The van der Waals surface area contributed by atoms with Crippen LogP contribution in [0.5, 0.6) is 5.75 Å². The van der Waals surface area contributed by atoms with Gasteiger partial charge in [0, 0.05) is 40.8 Å². The summed E-state index contributed by atoms with van der Waals surface area (Å²) in [5.41, 5.74) is 10.9. The summed E-state index contributed by atoms with van der Waals surface area (Å²) in [5, 5.41) is 0. The quantitative estimate of drug-likeness (QED) is 0.520. The van der Waals surface area contributed by atoms with Crippen LogP contribution in [0.25, 0.3) is 22.6 Å². The normalized spacial score (nSPS) is 14.3. The number of benzene rings is 2. The van der Waals surface area contributed by atoms with Crippen molar-refractivity contribution in [3.63, 3.8) is 0 Å². The van der Waals surface area contributed by atoms with Crippen LogP contribution in [-0.4, -0.2) is 53.2 Å². The summed E-state index contributed by atoms with van der Waals surface area (Å²) < 4.78 is 5.35. The van der Waals surface area contributed by atoms with Crippen molar-refractivity contribution in [2.45, 2.75) is 6.92 Å². The maximum absolute atomic E-state index is 6.16. The third kappa shape index (κ3) is 3.72. The summed E-state index contributed by atoms with van der Waals surface area (Å²) in [6.07, 6.45) is 1.74. The summed E-state index contributed by atoms with van der Waals surface area (Å²) in [6.45, 7) is 5.51. The highest BCUT2D eigenvalue weighted by molar-refractivity contribution is 5.81. The van der Waals surface area contributed by atoms with E-state index in [1.54, 1.807) is 13.3 Å². The zero-order valence-electron chi connectivity index (χ0n) is 17.7. The molecule has 0 saturated carbocycles. The third-order valence-electron chi connectivity index (χ3n) is 5.67. The molecule has 0 unspecified atom stereocenters. The molecule has 2 aromatic heterocycles. The lowest BCUT2D eigenvalue weighted by Gasteiger charge is -2.36. The number of nitrogen functional groups attached to an aromatic ring is 1. The van der Waals surface area contributed by atoms with Crippen molar-refractivity contribution in [3.05, 3.63) is 54.2 Å². The Morgan fingerprint density at radius 2 is 1.84 bits per heavy atom. The first-order chi connectivity index (χ1) is 15.1. The number of nitrogens with one attached hydrogen (secondary N) is 1. The van der Waals surface area contributed by atoms with Gasteiger partial charge in [-0.3, -0.25) is 0 Å². The van der Waals surface area contributed by atoms with E-state index in [-0.39, 0.29) is 2.85 Å². The fourth-order valence-corrected chi connectivity index (χ4v) is 3.95. The van der Waals surface area contributed by atoms with Crippen LogP contribution in [-0.2, 0) is 0 Å². The second-order valence-corrected chi connectivity index (χ2v) is 7.74. The zero-order chi connectivity index (χ0) is 21.4. The molecular formula is C23H29N7O. The Labute approximate surface area is 183 Å². The van der Waals surface area contributed by atoms with Crippen LogP contribution >= 0.6 is 0 Å². The number of nitrogens with two attached hydrogens (primary N) is 1. The number of fused-ring (bicyclic) bond motifs is 1. The monoisotopic (exact) mass is 419 g/mol. The van der Waals surface area contributed by atoms with Gasteiger partial charge in [-0.15, -0.1) is 0 Å². The Hall–Kier alpha value is -3.81. The fraction of sp³-hybridized carbons (Fsp3) is 0.261. The molecule has 0 radical (unpaired) electrons. The lowest BCUT2D eigenvalue weighted by atomic mass is 10.2. The number of anilines is 3. The van der Waals surface area contributed by atoms with E-state index in [1.165, 1.54) is 11.3 Å². The van der Waals surface area contributed by atoms with E-state index in [0.29, 0.717) is 17.3 Å². The molecule has 0 spiro atoms. The summed E-state index contributed by atoms with van der Waals surface area (Å²) in [6, 6.07) is 14.3. The first-order valence-corrected chi connectivity index (χ1v) is 10.3. The van der Waals surface area contributed by atoms with Crippen molar-refractivity contribution in [1.29, 1.82) is 0 Å². The number of methoxy groups -OCH3 is 1. The molecule has 8 heteroatoms. The number of nitrogens with zero attached hydrogens (tertiary/aromatic N) is 5. The smallest absolute Gasteiger partial charge is 0.161 e. The number of aromatic nitrogens is 4. The number of rotatable bonds is 4. The minimum atomic E-state index is 0. The minimum Gasteiger partial charge on any atom is -0.497 e. The Morgan fingerprint density at radius 1 is 1.03 bits per heavy atom. The molecule has 4 aromatic rings. The Morgan fingerprint density at radius 3 is 2.65 bits per heavy atom. The van der Waals surface area contributed by atoms with Crippen molar-refractivity contribution in [2.75, 3.05) is 48.8 Å². The van der Waals surface area contributed by atoms with Crippen molar-refractivity contribution in [1.82, 2.24) is 19.9 Å². The van der Waals surface area contributed by atoms with Gasteiger partial charge in [0.1, 0.15) is 11.6 Å². The van der Waals surface area contributed by atoms with Gasteiger partial charge in [0.05, 0.1) is 24.3 Å². The number of hydrogen-bond acceptors (Lipinski definition) is 7. The molecule has 3 heterocycles. The number of H-pyrrole nitrogens is 1. The van der Waals surface area contributed by atoms with Gasteiger partial charge in [-0.1, -0.05) is 12.1 Å². The van der Waals surface area contributed by atoms with Crippen LogP contribution < -0.4 is 20.3 Å². The maximum atomic E-state index is 6.16. The van der Waals surface area contributed by atoms with E-state index in [2.05, 4.69) is 49.9 Å². The van der Waals surface area contributed by atoms with E-state index in [4.69, 9.17) is 15.5 Å². The van der Waals surface area contributed by atoms with E-state index < -0.39 is 0 Å². The molecule has 162 valence electrons. The largest absolute Gasteiger partial charge is 0.497 e. The molecule has 1 aliphatic rings. The van der Waals surface area contributed by atoms with Gasteiger partial charge in [0.25, 0.3) is 0 Å². The molecule has 0 aliphatic carbocycles. The van der Waals surface area contributed by atoms with Gasteiger partial charge >= 0.3 is 0 Å². The van der Waals surface area contributed by atoms with Crippen LogP contribution in [0.3, 0.4) is 0 Å². The Balaban J connectivity index is 0.00000153. The maximum Gasteiger partial charge on any atom is 0.161 e. The topological polar surface area (TPSA) is 96.2 Å². The van der Waals surface area contributed by atoms with Gasteiger partial charge in [-0.25, -0.2) is 15.0 Å². The van der Waals surface area contributed by atoms with Crippen LogP contribution in [0.1, 0.15) is 8.42 Å². The average Bonchev–Trinajstić information content (AvgIpc) is 3.22. The predicted molar refractivity (Wildman–Crippen MR) is 128 cm³/mol. The second-order valence-electron chi connectivity index (χ2n) is 7.74. The summed E-state index contributed by atoms with van der Waals surface area (Å²) in [4.78, 5) is 21.8. The van der Waals surface area contributed by atoms with E-state index >= 15 is 0 Å². The minimum absolute atomic E-state index is 0. The van der Waals surface area contributed by atoms with Crippen molar-refractivity contribution >= 4 is 28.4 Å². The van der Waals surface area contributed by atoms with Crippen LogP contribution in [0.2, 0.25) is 0 Å². The molecular weight excluding hydrogens is 390 g/mol. The lowest BCUT2D eigenvalue weighted by Crippen LogP contribution is -2.46. The van der Waals surface area contributed by atoms with E-state index in [9.17, 15) is 0 Å². The van der Waals surface area contributed by atoms with Crippen molar-refractivity contribution in [3.8, 4) is 17.3 Å². The number of piperazine rings is 1. The molecule has 2 aromatic carbocycles. The fourth-order valence-electron chi connectivity index (χ4n) is 3.95. The van der Waals surface area contributed by atoms with Gasteiger partial charge in [0.15, 0.2) is 17.3 Å². The van der Waals surface area contributed by atoms with Gasteiger partial charge in [-0.2, -0.15) is 0 Å². The molecule has 1 aliphatic heterocycles. The van der Waals surface area contributed by atoms with Crippen LogP contribution in [0.15, 0.2) is 48.7 Å². The molecule has 5 rings (SSSR count). The Kier molecular flexibility index (Phi) is 4.82. The third-order valence-corrected chi connectivity index (χ3v) is 5.67. The van der Waals surface area contributed by atoms with E-state index in [0.717, 1.165) is 48.8 Å². The standard InChI is InChI=1S/C23H25N7O.2H2/c1-15-6-7-18-19(12-15)27-23(26-18)21-22(24)25-14-20(28-21)30-10-8-29(9-11-30)16-4-3-5-17(13-16)31-2;;/h3-7,12-14H,8-11H2,1-2H3,(H2,24,25)(H,26,27);2*1H. The summed E-state index contributed by atoms with van der Waals surface area (Å²) in [5.74, 6) is 2.69. The first kappa shape index (κ1) is 19.2. The molecule has 0 atom stereocenters. The highest BCUT2D eigenvalue weighted by Gasteiger charge is 2.21. The molecule has 3 N–H and O–H groups in total. The zero-order valence-corrected chi connectivity index (χ0v) is 17.7. The highest BCUT2D eigenvalue weighted by atomic mass is 16.5. The van der Waals surface area contributed by atoms with Gasteiger partial charge in [-0.05, 0) is 36.8 Å². The number of aryl methyl sites for hydroxylation is 1. The second kappa shape index (κ2) is 7.79. The molecule has 31 heavy (non-hydrogen) atoms. The van der Waals surface area contributed by atoms with Crippen molar-refractivity contribution in [2.24, 2.45) is 0 Å². The molecule has 0 bridgehead atoms. The predicted octanol–water partition coefficient (Wildman–Crippen LogP) is 3.74. The SMILES string of the molecule is COc1cccc(N2CCN(c3cnc(N)c(-c4nc5ccc(C)cc5[nH]4)n3)CC2)c1.[HH].[HH]. The molecule has 8 nitrogen and oxygen atoms in total. The van der Waals surface area contributed by atoms with Gasteiger partial charge < -0.3 is 25.3 Å². The number of imidazole rings is 1. The van der Waals surface area contributed by atoms with E-state index in [1.807, 2.05) is 24.3 Å². The molecule has 1 saturated heterocycles. The number of hydrogen-bond donors (Lipinski definition) is 2. The van der Waals surface area contributed by atoms with Crippen molar-refractivity contribution < 1.29 is 7.59 Å². The van der Waals surface area contributed by atoms with Crippen LogP contribution in [0, 0.1) is 6.92 Å². The molecule has 0 amide bonds. The average molecular weight is 420 g/mol. The first-order valence-electron chi connectivity index (χ1n) is 10.3. The highest BCUT2D eigenvalue weighted by Crippen LogP contribution is 2.27. The summed E-state index contributed by atoms with van der Waals surface area (Å²) >= 11 is 0. The summed E-state index contributed by atoms with van der Waals surface area (Å²) in [7, 11) is 1.69.